The topological polar surface area (TPSA) is 9.23 Å². The van der Waals surface area contributed by atoms with E-state index < -0.39 is 0 Å². The summed E-state index contributed by atoms with van der Waals surface area (Å²) in [4.78, 5) is 0. The lowest BCUT2D eigenvalue weighted by molar-refractivity contribution is 0.340. The maximum atomic E-state index is 5.31. The van der Waals surface area contributed by atoms with Crippen LogP contribution >= 0.6 is 15.9 Å². The molecule has 0 amide bonds. The molecule has 0 aromatic heterocycles. The highest BCUT2D eigenvalue weighted by atomic mass is 79.9. The van der Waals surface area contributed by atoms with Crippen LogP contribution in [0.1, 0.15) is 12.5 Å². The number of hydrogen-bond donors (Lipinski definition) is 0. The highest BCUT2D eigenvalue weighted by Crippen LogP contribution is 2.22. The van der Waals surface area contributed by atoms with Gasteiger partial charge >= 0.3 is 0 Å². The molecule has 0 aliphatic carbocycles. The van der Waals surface area contributed by atoms with E-state index in [1.54, 1.807) is 0 Å². The zero-order chi connectivity index (χ0) is 8.97. The minimum Gasteiger partial charge on any atom is -0.494 e. The highest BCUT2D eigenvalue weighted by molar-refractivity contribution is 9.10. The van der Waals surface area contributed by atoms with Gasteiger partial charge in [-0.05, 0) is 36.8 Å². The second kappa shape index (κ2) is 4.31. The summed E-state index contributed by atoms with van der Waals surface area (Å²) in [5, 5.41) is 0. The molecule has 12 heavy (non-hydrogen) atoms. The fraction of sp³-hybridized carbons (Fsp3) is 0.200. The normalized spacial score (nSPS) is 9.50. The molecule has 0 unspecified atom stereocenters. The van der Waals surface area contributed by atoms with Gasteiger partial charge in [-0.25, -0.2) is 0 Å². The minimum atomic E-state index is 0.679. The van der Waals surface area contributed by atoms with Gasteiger partial charge in [0.2, 0.25) is 0 Å². The molecule has 0 aliphatic rings. The van der Waals surface area contributed by atoms with Crippen molar-refractivity contribution in [2.75, 3.05) is 6.61 Å². The van der Waals surface area contributed by atoms with Crippen molar-refractivity contribution in [2.24, 2.45) is 0 Å². The van der Waals surface area contributed by atoms with Crippen molar-refractivity contribution in [3.63, 3.8) is 0 Å². The van der Waals surface area contributed by atoms with Crippen molar-refractivity contribution < 1.29 is 4.74 Å². The molecule has 0 heterocycles. The third-order valence-electron chi connectivity index (χ3n) is 1.44. The minimum absolute atomic E-state index is 0.679. The molecule has 1 rings (SSSR count). The van der Waals surface area contributed by atoms with Gasteiger partial charge < -0.3 is 4.74 Å². The SMILES string of the molecule is C=[C]c1cc(OCC)ccc1Br. The van der Waals surface area contributed by atoms with Gasteiger partial charge in [0.05, 0.1) is 6.61 Å². The van der Waals surface area contributed by atoms with Crippen LogP contribution in [0.25, 0.3) is 0 Å². The van der Waals surface area contributed by atoms with Gasteiger partial charge in [-0.1, -0.05) is 22.5 Å². The van der Waals surface area contributed by atoms with Crippen LogP contribution in [-0.4, -0.2) is 6.61 Å². The van der Waals surface area contributed by atoms with E-state index in [-0.39, 0.29) is 0 Å². The Hall–Kier alpha value is -0.760. The van der Waals surface area contributed by atoms with Crippen molar-refractivity contribution in [3.05, 3.63) is 40.9 Å². The molecule has 1 radical (unpaired) electrons. The first-order chi connectivity index (χ1) is 5.77. The van der Waals surface area contributed by atoms with Crippen molar-refractivity contribution in [1.82, 2.24) is 0 Å². The molecule has 63 valence electrons. The molecule has 0 N–H and O–H groups in total. The van der Waals surface area contributed by atoms with Crippen LogP contribution in [0.4, 0.5) is 0 Å². The standard InChI is InChI=1S/C10H10BrO/c1-3-8-7-9(12-4-2)5-6-10(8)11/h5-7H,1,4H2,2H3. The number of benzene rings is 1. The fourth-order valence-corrected chi connectivity index (χ4v) is 1.28. The van der Waals surface area contributed by atoms with E-state index in [0.29, 0.717) is 6.61 Å². The van der Waals surface area contributed by atoms with Gasteiger partial charge in [-0.2, -0.15) is 0 Å². The Kier molecular flexibility index (Phi) is 3.35. The van der Waals surface area contributed by atoms with E-state index in [9.17, 15) is 0 Å². The van der Waals surface area contributed by atoms with Crippen LogP contribution in [0.5, 0.6) is 5.75 Å². The van der Waals surface area contributed by atoms with Gasteiger partial charge in [0.15, 0.2) is 0 Å². The smallest absolute Gasteiger partial charge is 0.119 e. The Morgan fingerprint density at radius 1 is 1.58 bits per heavy atom. The van der Waals surface area contributed by atoms with Crippen LogP contribution in [0.2, 0.25) is 0 Å². The summed E-state index contributed by atoms with van der Waals surface area (Å²) >= 11 is 3.38. The van der Waals surface area contributed by atoms with Gasteiger partial charge in [0.25, 0.3) is 0 Å². The van der Waals surface area contributed by atoms with Crippen molar-refractivity contribution in [2.45, 2.75) is 6.92 Å². The molecule has 0 saturated heterocycles. The molecule has 0 atom stereocenters. The lowest BCUT2D eigenvalue weighted by atomic mass is 10.2. The quantitative estimate of drug-likeness (QED) is 0.768. The van der Waals surface area contributed by atoms with E-state index in [1.807, 2.05) is 25.1 Å². The maximum Gasteiger partial charge on any atom is 0.119 e. The van der Waals surface area contributed by atoms with Crippen molar-refractivity contribution in [3.8, 4) is 5.75 Å². The Morgan fingerprint density at radius 2 is 2.33 bits per heavy atom. The lowest BCUT2D eigenvalue weighted by Gasteiger charge is -2.04. The highest BCUT2D eigenvalue weighted by Gasteiger charge is 1.98. The molecule has 0 bridgehead atoms. The van der Waals surface area contributed by atoms with Crippen molar-refractivity contribution in [1.29, 1.82) is 0 Å². The van der Waals surface area contributed by atoms with E-state index in [1.165, 1.54) is 0 Å². The Balaban J connectivity index is 2.96. The summed E-state index contributed by atoms with van der Waals surface area (Å²) in [5.74, 6) is 0.854. The lowest BCUT2D eigenvalue weighted by Crippen LogP contribution is -1.91. The number of hydrogen-bond acceptors (Lipinski definition) is 1. The monoisotopic (exact) mass is 225 g/mol. The van der Waals surface area contributed by atoms with Gasteiger partial charge in [0.1, 0.15) is 5.75 Å². The number of rotatable bonds is 3. The predicted molar refractivity (Wildman–Crippen MR) is 53.3 cm³/mol. The molecule has 2 heteroatoms. The van der Waals surface area contributed by atoms with E-state index in [2.05, 4.69) is 28.6 Å². The maximum absolute atomic E-state index is 5.31. The van der Waals surface area contributed by atoms with E-state index in [4.69, 9.17) is 4.74 Å². The molecule has 0 spiro atoms. The zero-order valence-electron chi connectivity index (χ0n) is 6.93. The first-order valence-corrected chi connectivity index (χ1v) is 4.52. The summed E-state index contributed by atoms with van der Waals surface area (Å²) in [5.41, 5.74) is 0.931. The molecule has 1 aromatic carbocycles. The first kappa shape index (κ1) is 9.33. The summed E-state index contributed by atoms with van der Waals surface area (Å²) in [6.07, 6.45) is 2.82. The molecular formula is C10H10BrO. The van der Waals surface area contributed by atoms with Crippen LogP contribution < -0.4 is 4.74 Å². The molecular weight excluding hydrogens is 216 g/mol. The van der Waals surface area contributed by atoms with Crippen LogP contribution in [0.3, 0.4) is 0 Å². The first-order valence-electron chi connectivity index (χ1n) is 3.73. The fourth-order valence-electron chi connectivity index (χ4n) is 0.896. The number of ether oxygens (including phenoxy) is 1. The van der Waals surface area contributed by atoms with Crippen LogP contribution in [0, 0.1) is 6.08 Å². The van der Waals surface area contributed by atoms with Crippen molar-refractivity contribution >= 4 is 15.9 Å². The molecule has 1 aromatic rings. The second-order valence-corrected chi connectivity index (χ2v) is 3.11. The average Bonchev–Trinajstić information content (AvgIpc) is 2.09. The summed E-state index contributed by atoms with van der Waals surface area (Å²) in [6, 6.07) is 5.74. The summed E-state index contributed by atoms with van der Waals surface area (Å²) in [7, 11) is 0. The second-order valence-electron chi connectivity index (χ2n) is 2.25. The van der Waals surface area contributed by atoms with E-state index >= 15 is 0 Å². The Bertz CT molecular complexity index is 281. The molecule has 0 fully saturated rings. The largest absolute Gasteiger partial charge is 0.494 e. The molecule has 0 aliphatic heterocycles. The Labute approximate surface area is 81.2 Å². The third kappa shape index (κ3) is 2.11. The predicted octanol–water partition coefficient (Wildman–Crippen LogP) is 3.19. The number of halogens is 1. The Morgan fingerprint density at radius 3 is 2.92 bits per heavy atom. The zero-order valence-corrected chi connectivity index (χ0v) is 8.52. The van der Waals surface area contributed by atoms with Gasteiger partial charge in [0, 0.05) is 4.47 Å². The summed E-state index contributed by atoms with van der Waals surface area (Å²) in [6.45, 7) is 6.22. The van der Waals surface area contributed by atoms with Gasteiger partial charge in [-0.3, -0.25) is 0 Å². The summed E-state index contributed by atoms with van der Waals surface area (Å²) < 4.78 is 6.30. The molecule has 1 nitrogen and oxygen atoms in total. The average molecular weight is 226 g/mol. The third-order valence-corrected chi connectivity index (χ3v) is 2.13. The van der Waals surface area contributed by atoms with Crippen LogP contribution in [0.15, 0.2) is 29.3 Å². The van der Waals surface area contributed by atoms with E-state index in [0.717, 1.165) is 15.8 Å². The van der Waals surface area contributed by atoms with Gasteiger partial charge in [-0.15, -0.1) is 0 Å². The molecule has 0 saturated carbocycles. The van der Waals surface area contributed by atoms with Crippen LogP contribution in [-0.2, 0) is 0 Å².